The van der Waals surface area contributed by atoms with Gasteiger partial charge < -0.3 is 9.88 Å². The molecule has 0 bridgehead atoms. The van der Waals surface area contributed by atoms with E-state index in [4.69, 9.17) is 11.6 Å². The predicted octanol–water partition coefficient (Wildman–Crippen LogP) is 4.31. The molecular weight excluding hydrogens is 448 g/mol. The van der Waals surface area contributed by atoms with Crippen molar-refractivity contribution in [1.29, 1.82) is 0 Å². The van der Waals surface area contributed by atoms with Crippen molar-refractivity contribution in [3.63, 3.8) is 0 Å². The van der Waals surface area contributed by atoms with E-state index in [2.05, 4.69) is 20.8 Å². The van der Waals surface area contributed by atoms with Gasteiger partial charge in [-0.1, -0.05) is 11.6 Å². The van der Waals surface area contributed by atoms with Crippen molar-refractivity contribution >= 4 is 38.6 Å². The van der Waals surface area contributed by atoms with Gasteiger partial charge in [0, 0.05) is 42.0 Å². The van der Waals surface area contributed by atoms with Crippen LogP contribution in [0.15, 0.2) is 47.6 Å². The number of piperidine rings is 1. The maximum Gasteiger partial charge on any atom is 0.253 e. The van der Waals surface area contributed by atoms with Crippen molar-refractivity contribution in [3.8, 4) is 0 Å². The van der Waals surface area contributed by atoms with Crippen LogP contribution in [-0.2, 0) is 10.0 Å². The average Bonchev–Trinajstić information content (AvgIpc) is 3.16. The molecule has 1 saturated heterocycles. The Morgan fingerprint density at radius 2 is 1.94 bits per heavy atom. The topological polar surface area (TPSA) is 95.2 Å². The van der Waals surface area contributed by atoms with E-state index in [9.17, 15) is 13.2 Å². The highest BCUT2D eigenvalue weighted by atomic mass is 35.5. The third kappa shape index (κ3) is 4.67. The normalized spacial score (nSPS) is 15.9. The fourth-order valence-corrected chi connectivity index (χ4v) is 6.14. The monoisotopic (exact) mass is 474 g/mol. The Labute approximate surface area is 193 Å². The number of fused-ring (bicyclic) bond motifs is 1. The molecule has 32 heavy (non-hydrogen) atoms. The predicted molar refractivity (Wildman–Crippen MR) is 125 cm³/mol. The third-order valence-corrected chi connectivity index (χ3v) is 7.85. The highest BCUT2D eigenvalue weighted by molar-refractivity contribution is 7.89. The molecular formula is C23H27ClN4O3S. The largest absolute Gasteiger partial charge is 0.346 e. The number of aromatic nitrogens is 2. The van der Waals surface area contributed by atoms with E-state index in [1.807, 2.05) is 12.3 Å². The number of nitrogens with zero attached hydrogens (tertiary/aromatic N) is 2. The molecule has 3 heterocycles. The minimum absolute atomic E-state index is 0.0823. The Kier molecular flexibility index (Phi) is 6.04. The van der Waals surface area contributed by atoms with Crippen LogP contribution in [0.25, 0.3) is 11.0 Å². The number of carbonyl (C=O) groups is 1. The van der Waals surface area contributed by atoms with E-state index in [0.29, 0.717) is 24.6 Å². The summed E-state index contributed by atoms with van der Waals surface area (Å²) in [6.07, 6.45) is 5.44. The number of sulfonamides is 1. The van der Waals surface area contributed by atoms with Crippen molar-refractivity contribution in [2.24, 2.45) is 0 Å². The quantitative estimate of drug-likeness (QED) is 0.588. The lowest BCUT2D eigenvalue weighted by molar-refractivity contribution is 0.0713. The maximum absolute atomic E-state index is 13.1. The zero-order valence-corrected chi connectivity index (χ0v) is 19.9. The van der Waals surface area contributed by atoms with Crippen LogP contribution in [0.2, 0.25) is 5.02 Å². The van der Waals surface area contributed by atoms with Gasteiger partial charge in [0.1, 0.15) is 10.5 Å². The molecule has 1 aliphatic rings. The Morgan fingerprint density at radius 1 is 1.22 bits per heavy atom. The average molecular weight is 475 g/mol. The van der Waals surface area contributed by atoms with E-state index in [1.165, 1.54) is 17.7 Å². The molecule has 0 unspecified atom stereocenters. The van der Waals surface area contributed by atoms with Crippen molar-refractivity contribution < 1.29 is 13.2 Å². The lowest BCUT2D eigenvalue weighted by Gasteiger charge is -2.32. The van der Waals surface area contributed by atoms with Gasteiger partial charge in [0.2, 0.25) is 10.0 Å². The van der Waals surface area contributed by atoms with Crippen LogP contribution in [0.3, 0.4) is 0 Å². The molecule has 3 aromatic rings. The molecule has 4 rings (SSSR count). The number of nitrogens with one attached hydrogen (secondary N) is 2. The molecule has 1 fully saturated rings. The Bertz CT molecular complexity index is 1260. The molecule has 0 atom stereocenters. The standard InChI is InChI=1S/C23H27ClN4O3S/c1-23(2,3)27-32(30,31)20-13-16(6-7-19(20)24)22(29)28-11-8-15(9-12-28)18-14-26-21-17(18)5-4-10-25-21/h4-7,10,13-15,27H,8-9,11-12H2,1-3H3,(H,25,26). The molecule has 7 nitrogen and oxygen atoms in total. The first-order chi connectivity index (χ1) is 15.0. The first kappa shape index (κ1) is 22.8. The number of halogens is 1. The number of benzene rings is 1. The van der Waals surface area contributed by atoms with Gasteiger partial charge in [0.05, 0.1) is 5.02 Å². The number of hydrogen-bond acceptors (Lipinski definition) is 4. The summed E-state index contributed by atoms with van der Waals surface area (Å²) in [5, 5.41) is 1.21. The summed E-state index contributed by atoms with van der Waals surface area (Å²) in [5.41, 5.74) is 1.76. The number of amides is 1. The lowest BCUT2D eigenvalue weighted by atomic mass is 9.89. The minimum Gasteiger partial charge on any atom is -0.346 e. The van der Waals surface area contributed by atoms with Gasteiger partial charge in [-0.15, -0.1) is 0 Å². The van der Waals surface area contributed by atoms with Gasteiger partial charge in [0.25, 0.3) is 5.91 Å². The van der Waals surface area contributed by atoms with Gasteiger partial charge in [-0.05, 0) is 75.4 Å². The first-order valence-corrected chi connectivity index (χ1v) is 12.5. The zero-order valence-electron chi connectivity index (χ0n) is 18.4. The Morgan fingerprint density at radius 3 is 2.62 bits per heavy atom. The third-order valence-electron chi connectivity index (χ3n) is 5.61. The fraction of sp³-hybridized carbons (Fsp3) is 0.391. The summed E-state index contributed by atoms with van der Waals surface area (Å²) in [5.74, 6) is 0.155. The van der Waals surface area contributed by atoms with Crippen LogP contribution in [0, 0.1) is 0 Å². The lowest BCUT2D eigenvalue weighted by Crippen LogP contribution is -2.41. The highest BCUT2D eigenvalue weighted by Crippen LogP contribution is 2.33. The molecule has 0 aliphatic carbocycles. The Balaban J connectivity index is 1.50. The fourth-order valence-electron chi connectivity index (χ4n) is 4.19. The summed E-state index contributed by atoms with van der Waals surface area (Å²) in [4.78, 5) is 22.4. The highest BCUT2D eigenvalue weighted by Gasteiger charge is 2.29. The maximum atomic E-state index is 13.1. The van der Waals surface area contributed by atoms with E-state index in [1.54, 1.807) is 37.9 Å². The van der Waals surface area contributed by atoms with Crippen molar-refractivity contribution in [3.05, 3.63) is 58.9 Å². The molecule has 0 radical (unpaired) electrons. The molecule has 1 aromatic carbocycles. The smallest absolute Gasteiger partial charge is 0.253 e. The molecule has 9 heteroatoms. The van der Waals surface area contributed by atoms with Crippen molar-refractivity contribution in [1.82, 2.24) is 19.6 Å². The van der Waals surface area contributed by atoms with Gasteiger partial charge in [0.15, 0.2) is 0 Å². The zero-order chi connectivity index (χ0) is 23.1. The van der Waals surface area contributed by atoms with Crippen LogP contribution in [-0.4, -0.2) is 47.8 Å². The molecule has 0 spiro atoms. The number of hydrogen-bond donors (Lipinski definition) is 2. The van der Waals surface area contributed by atoms with Crippen molar-refractivity contribution in [2.75, 3.05) is 13.1 Å². The van der Waals surface area contributed by atoms with Gasteiger partial charge in [-0.2, -0.15) is 0 Å². The molecule has 2 N–H and O–H groups in total. The van der Waals surface area contributed by atoms with Gasteiger partial charge in [-0.25, -0.2) is 18.1 Å². The van der Waals surface area contributed by atoms with Crippen molar-refractivity contribution in [2.45, 2.75) is 50.0 Å². The van der Waals surface area contributed by atoms with Crippen LogP contribution in [0.4, 0.5) is 0 Å². The van der Waals surface area contributed by atoms with Gasteiger partial charge >= 0.3 is 0 Å². The second kappa shape index (κ2) is 8.50. The SMILES string of the molecule is CC(C)(C)NS(=O)(=O)c1cc(C(=O)N2CCC(c3c[nH]c4ncccc34)CC2)ccc1Cl. The number of rotatable bonds is 4. The number of carbonyl (C=O) groups excluding carboxylic acids is 1. The number of pyridine rings is 1. The Hall–Kier alpha value is -2.42. The van der Waals surface area contributed by atoms with Crippen LogP contribution < -0.4 is 4.72 Å². The first-order valence-electron chi connectivity index (χ1n) is 10.6. The molecule has 2 aromatic heterocycles. The van der Waals surface area contributed by atoms with Gasteiger partial charge in [-0.3, -0.25) is 4.79 Å². The number of H-pyrrole nitrogens is 1. The number of likely N-dealkylation sites (tertiary alicyclic amines) is 1. The number of aromatic amines is 1. The summed E-state index contributed by atoms with van der Waals surface area (Å²) >= 11 is 6.17. The molecule has 0 saturated carbocycles. The van der Waals surface area contributed by atoms with Crippen LogP contribution >= 0.6 is 11.6 Å². The minimum atomic E-state index is -3.86. The van der Waals surface area contributed by atoms with E-state index < -0.39 is 15.6 Å². The van der Waals surface area contributed by atoms with E-state index >= 15 is 0 Å². The molecule has 1 amide bonds. The van der Waals surface area contributed by atoms with Crippen LogP contribution in [0.1, 0.15) is 55.5 Å². The second-order valence-electron chi connectivity index (χ2n) is 9.21. The van der Waals surface area contributed by atoms with E-state index in [-0.39, 0.29) is 15.8 Å². The second-order valence-corrected chi connectivity index (χ2v) is 11.3. The summed E-state index contributed by atoms with van der Waals surface area (Å²) in [6, 6.07) is 8.41. The van der Waals surface area contributed by atoms with Crippen LogP contribution in [0.5, 0.6) is 0 Å². The summed E-state index contributed by atoms with van der Waals surface area (Å²) < 4.78 is 28.1. The summed E-state index contributed by atoms with van der Waals surface area (Å²) in [7, 11) is -3.86. The van der Waals surface area contributed by atoms with E-state index in [0.717, 1.165) is 23.9 Å². The molecule has 1 aliphatic heterocycles. The summed E-state index contributed by atoms with van der Waals surface area (Å²) in [6.45, 7) is 6.45. The molecule has 170 valence electrons.